The van der Waals surface area contributed by atoms with Crippen LogP contribution in [0.15, 0.2) is 18.2 Å². The van der Waals surface area contributed by atoms with Crippen LogP contribution in [-0.4, -0.2) is 31.3 Å². The Hall–Kier alpha value is -1.75. The Bertz CT molecular complexity index is 483. The van der Waals surface area contributed by atoms with Gasteiger partial charge in [-0.05, 0) is 25.0 Å². The average molecular weight is 293 g/mol. The number of hydrogen-bond acceptors (Lipinski definition) is 4. The number of nitrogens with one attached hydrogen (secondary N) is 1. The molecule has 5 heteroatoms. The Kier molecular flexibility index (Phi) is 5.44. The molecule has 1 atom stereocenters. The van der Waals surface area contributed by atoms with Gasteiger partial charge in [0, 0.05) is 17.7 Å². The number of carbonyl (C=O) groups is 1. The van der Waals surface area contributed by atoms with Gasteiger partial charge in [-0.1, -0.05) is 19.3 Å². The van der Waals surface area contributed by atoms with E-state index in [1.54, 1.807) is 25.3 Å². The van der Waals surface area contributed by atoms with Crippen LogP contribution in [0.2, 0.25) is 0 Å². The third kappa shape index (κ3) is 3.88. The summed E-state index contributed by atoms with van der Waals surface area (Å²) < 4.78 is 10.5. The number of carboxylic acid groups (broad SMARTS) is 1. The van der Waals surface area contributed by atoms with Gasteiger partial charge in [0.05, 0.1) is 14.2 Å². The highest BCUT2D eigenvalue weighted by molar-refractivity contribution is 5.77. The molecule has 116 valence electrons. The van der Waals surface area contributed by atoms with Crippen molar-refractivity contribution in [1.82, 2.24) is 5.32 Å². The Labute approximate surface area is 125 Å². The van der Waals surface area contributed by atoms with E-state index in [2.05, 4.69) is 5.32 Å². The van der Waals surface area contributed by atoms with Gasteiger partial charge in [-0.15, -0.1) is 0 Å². The third-order valence-electron chi connectivity index (χ3n) is 4.01. The Morgan fingerprint density at radius 2 is 1.95 bits per heavy atom. The van der Waals surface area contributed by atoms with Crippen LogP contribution in [-0.2, 0) is 4.79 Å². The van der Waals surface area contributed by atoms with Gasteiger partial charge in [0.15, 0.2) is 0 Å². The standard InChI is InChI=1S/C16H23NO4/c1-20-12-8-9-13(14(10-12)21-2)15(16(18)19)17-11-6-4-3-5-7-11/h8-11,15,17H,3-7H2,1-2H3,(H,18,19). The van der Waals surface area contributed by atoms with E-state index in [4.69, 9.17) is 9.47 Å². The SMILES string of the molecule is COc1ccc(C(NC2CCCCC2)C(=O)O)c(OC)c1. The topological polar surface area (TPSA) is 67.8 Å². The van der Waals surface area contributed by atoms with Gasteiger partial charge in [-0.2, -0.15) is 0 Å². The van der Waals surface area contributed by atoms with Crippen molar-refractivity contribution < 1.29 is 19.4 Å². The van der Waals surface area contributed by atoms with Gasteiger partial charge in [-0.3, -0.25) is 10.1 Å². The molecule has 0 radical (unpaired) electrons. The van der Waals surface area contributed by atoms with Gasteiger partial charge >= 0.3 is 5.97 Å². The first kappa shape index (κ1) is 15.6. The summed E-state index contributed by atoms with van der Waals surface area (Å²) in [5, 5.41) is 12.8. The summed E-state index contributed by atoms with van der Waals surface area (Å²) in [6.45, 7) is 0. The molecule has 0 heterocycles. The molecule has 0 amide bonds. The summed E-state index contributed by atoms with van der Waals surface area (Å²) in [7, 11) is 3.11. The molecular formula is C16H23NO4. The van der Waals surface area contributed by atoms with Gasteiger partial charge in [0.1, 0.15) is 17.5 Å². The first-order valence-corrected chi connectivity index (χ1v) is 7.36. The van der Waals surface area contributed by atoms with Crippen LogP contribution in [0.5, 0.6) is 11.5 Å². The predicted molar refractivity (Wildman–Crippen MR) is 79.9 cm³/mol. The van der Waals surface area contributed by atoms with Crippen molar-refractivity contribution in [2.24, 2.45) is 0 Å². The van der Waals surface area contributed by atoms with E-state index >= 15 is 0 Å². The maximum absolute atomic E-state index is 11.6. The highest BCUT2D eigenvalue weighted by atomic mass is 16.5. The summed E-state index contributed by atoms with van der Waals surface area (Å²) in [5.74, 6) is 0.298. The fraction of sp³-hybridized carbons (Fsp3) is 0.562. The van der Waals surface area contributed by atoms with Crippen LogP contribution in [0.3, 0.4) is 0 Å². The molecule has 1 fully saturated rings. The maximum atomic E-state index is 11.6. The van der Waals surface area contributed by atoms with Gasteiger partial charge in [-0.25, -0.2) is 0 Å². The van der Waals surface area contributed by atoms with Gasteiger partial charge < -0.3 is 14.6 Å². The molecule has 5 nitrogen and oxygen atoms in total. The Morgan fingerprint density at radius 3 is 2.52 bits per heavy atom. The number of carboxylic acids is 1. The highest BCUT2D eigenvalue weighted by Gasteiger charge is 2.27. The van der Waals surface area contributed by atoms with E-state index in [1.165, 1.54) is 13.5 Å². The number of benzene rings is 1. The lowest BCUT2D eigenvalue weighted by molar-refractivity contribution is -0.140. The molecule has 2 rings (SSSR count). The van der Waals surface area contributed by atoms with Crippen molar-refractivity contribution in [1.29, 1.82) is 0 Å². The maximum Gasteiger partial charge on any atom is 0.325 e. The molecule has 21 heavy (non-hydrogen) atoms. The smallest absolute Gasteiger partial charge is 0.325 e. The van der Waals surface area contributed by atoms with Crippen LogP contribution in [0.4, 0.5) is 0 Å². The monoisotopic (exact) mass is 293 g/mol. The predicted octanol–water partition coefficient (Wildman–Crippen LogP) is 2.75. The van der Waals surface area contributed by atoms with Crippen LogP contribution < -0.4 is 14.8 Å². The molecule has 0 spiro atoms. The zero-order chi connectivity index (χ0) is 15.2. The second-order valence-electron chi connectivity index (χ2n) is 5.38. The first-order valence-electron chi connectivity index (χ1n) is 7.36. The molecular weight excluding hydrogens is 270 g/mol. The Balaban J connectivity index is 2.22. The van der Waals surface area contributed by atoms with Gasteiger partial charge in [0.2, 0.25) is 0 Å². The molecule has 1 aromatic carbocycles. The van der Waals surface area contributed by atoms with Crippen molar-refractivity contribution in [3.05, 3.63) is 23.8 Å². The van der Waals surface area contributed by atoms with Crippen LogP contribution in [0, 0.1) is 0 Å². The minimum absolute atomic E-state index is 0.256. The number of hydrogen-bond donors (Lipinski definition) is 2. The zero-order valence-corrected chi connectivity index (χ0v) is 12.6. The van der Waals surface area contributed by atoms with E-state index in [1.807, 2.05) is 0 Å². The second kappa shape index (κ2) is 7.31. The first-order chi connectivity index (χ1) is 10.2. The van der Waals surface area contributed by atoms with E-state index in [0.717, 1.165) is 25.7 Å². The van der Waals surface area contributed by atoms with Crippen LogP contribution in [0.1, 0.15) is 43.7 Å². The number of aliphatic carboxylic acids is 1. The summed E-state index contributed by atoms with van der Waals surface area (Å²) in [6.07, 6.45) is 5.61. The number of methoxy groups -OCH3 is 2. The van der Waals surface area contributed by atoms with Gasteiger partial charge in [0.25, 0.3) is 0 Å². The molecule has 1 aromatic rings. The van der Waals surface area contributed by atoms with E-state index in [0.29, 0.717) is 17.1 Å². The van der Waals surface area contributed by atoms with Crippen molar-refractivity contribution in [2.75, 3.05) is 14.2 Å². The number of ether oxygens (including phenoxy) is 2. The molecule has 1 aliphatic carbocycles. The van der Waals surface area contributed by atoms with Crippen molar-refractivity contribution in [3.8, 4) is 11.5 Å². The normalized spacial score (nSPS) is 17.2. The average Bonchev–Trinajstić information content (AvgIpc) is 2.52. The fourth-order valence-electron chi connectivity index (χ4n) is 2.86. The lowest BCUT2D eigenvalue weighted by Gasteiger charge is -2.27. The molecule has 1 aliphatic rings. The summed E-state index contributed by atoms with van der Waals surface area (Å²) >= 11 is 0. The summed E-state index contributed by atoms with van der Waals surface area (Å²) in [5.41, 5.74) is 0.636. The molecule has 1 unspecified atom stereocenters. The number of rotatable bonds is 6. The fourth-order valence-corrected chi connectivity index (χ4v) is 2.86. The molecule has 2 N–H and O–H groups in total. The van der Waals surface area contributed by atoms with Crippen molar-refractivity contribution in [2.45, 2.75) is 44.2 Å². The Morgan fingerprint density at radius 1 is 1.24 bits per heavy atom. The quantitative estimate of drug-likeness (QED) is 0.844. The molecule has 0 saturated heterocycles. The molecule has 0 aliphatic heterocycles. The zero-order valence-electron chi connectivity index (χ0n) is 12.6. The summed E-state index contributed by atoms with van der Waals surface area (Å²) in [6, 6.07) is 4.73. The molecule has 1 saturated carbocycles. The third-order valence-corrected chi connectivity index (χ3v) is 4.01. The summed E-state index contributed by atoms with van der Waals surface area (Å²) in [4.78, 5) is 11.6. The molecule has 0 bridgehead atoms. The lowest BCUT2D eigenvalue weighted by Crippen LogP contribution is -2.38. The van der Waals surface area contributed by atoms with E-state index in [-0.39, 0.29) is 6.04 Å². The van der Waals surface area contributed by atoms with E-state index < -0.39 is 12.0 Å². The van der Waals surface area contributed by atoms with Crippen LogP contribution >= 0.6 is 0 Å². The molecule has 0 aromatic heterocycles. The van der Waals surface area contributed by atoms with E-state index in [9.17, 15) is 9.90 Å². The minimum Gasteiger partial charge on any atom is -0.497 e. The lowest BCUT2D eigenvalue weighted by atomic mass is 9.94. The van der Waals surface area contributed by atoms with Crippen LogP contribution in [0.25, 0.3) is 0 Å². The van der Waals surface area contributed by atoms with Crippen molar-refractivity contribution in [3.63, 3.8) is 0 Å². The largest absolute Gasteiger partial charge is 0.497 e. The van der Waals surface area contributed by atoms with Crippen molar-refractivity contribution >= 4 is 5.97 Å². The highest BCUT2D eigenvalue weighted by Crippen LogP contribution is 2.31. The minimum atomic E-state index is -0.885. The second-order valence-corrected chi connectivity index (χ2v) is 5.38.